The van der Waals surface area contributed by atoms with Crippen molar-refractivity contribution in [1.29, 1.82) is 0 Å². The molecule has 1 fully saturated rings. The van der Waals surface area contributed by atoms with Gasteiger partial charge in [-0.05, 0) is 46.3 Å². The molecule has 1 aliphatic rings. The third-order valence-electron chi connectivity index (χ3n) is 4.43. The Morgan fingerprint density at radius 3 is 2.67 bits per heavy atom. The quantitative estimate of drug-likeness (QED) is 0.766. The van der Waals surface area contributed by atoms with Crippen LogP contribution >= 0.6 is 15.9 Å². The zero-order valence-electron chi connectivity index (χ0n) is 10.6. The van der Waals surface area contributed by atoms with Gasteiger partial charge < -0.3 is 5.73 Å². The summed E-state index contributed by atoms with van der Waals surface area (Å²) in [6, 6.07) is 2.66. The molecular weight excluding hydrogens is 300 g/mol. The van der Waals surface area contributed by atoms with Crippen molar-refractivity contribution < 1.29 is 8.78 Å². The van der Waals surface area contributed by atoms with Crippen molar-refractivity contribution in [2.75, 3.05) is 0 Å². The van der Waals surface area contributed by atoms with Gasteiger partial charge in [-0.3, -0.25) is 0 Å². The predicted molar refractivity (Wildman–Crippen MR) is 72.1 cm³/mol. The monoisotopic (exact) mass is 317 g/mol. The van der Waals surface area contributed by atoms with Gasteiger partial charge in [-0.25, -0.2) is 8.78 Å². The first kappa shape index (κ1) is 13.9. The molecule has 0 heterocycles. The fourth-order valence-corrected chi connectivity index (χ4v) is 3.34. The summed E-state index contributed by atoms with van der Waals surface area (Å²) in [5.41, 5.74) is 5.51. The van der Waals surface area contributed by atoms with Gasteiger partial charge in [0.25, 0.3) is 0 Å². The molecule has 4 heteroatoms. The number of rotatable bonds is 1. The fourth-order valence-electron chi connectivity index (χ4n) is 3.01. The van der Waals surface area contributed by atoms with Gasteiger partial charge in [0.15, 0.2) is 0 Å². The van der Waals surface area contributed by atoms with E-state index in [-0.39, 0.29) is 16.0 Å². The number of halogens is 3. The molecule has 1 aromatic carbocycles. The summed E-state index contributed by atoms with van der Waals surface area (Å²) in [4.78, 5) is 0. The second kappa shape index (κ2) is 4.89. The van der Waals surface area contributed by atoms with E-state index in [9.17, 15) is 8.78 Å². The van der Waals surface area contributed by atoms with Crippen LogP contribution in [0.15, 0.2) is 16.6 Å². The van der Waals surface area contributed by atoms with Gasteiger partial charge in [0, 0.05) is 11.1 Å². The molecule has 0 aliphatic heterocycles. The van der Waals surface area contributed by atoms with Crippen molar-refractivity contribution >= 4 is 15.9 Å². The fraction of sp³-hybridized carbons (Fsp3) is 0.571. The Morgan fingerprint density at radius 1 is 1.33 bits per heavy atom. The molecule has 3 atom stereocenters. The number of hydrogen-bond acceptors (Lipinski definition) is 1. The maximum atomic E-state index is 14.2. The normalized spacial score (nSPS) is 32.6. The Labute approximate surface area is 115 Å². The highest BCUT2D eigenvalue weighted by Crippen LogP contribution is 2.45. The molecule has 2 N–H and O–H groups in total. The van der Waals surface area contributed by atoms with Crippen LogP contribution in [0.3, 0.4) is 0 Å². The first-order valence-electron chi connectivity index (χ1n) is 6.30. The van der Waals surface area contributed by atoms with Crippen molar-refractivity contribution in [3.63, 3.8) is 0 Å². The standard InChI is InChI=1S/C14H18BrF2N/c1-8-4-3-7-14(18,9(8)2)12-11(16)6-5-10(15)13(12)17/h5-6,8-9H,3-4,7,18H2,1-2H3. The summed E-state index contributed by atoms with van der Waals surface area (Å²) >= 11 is 3.11. The van der Waals surface area contributed by atoms with Crippen molar-refractivity contribution in [1.82, 2.24) is 0 Å². The molecule has 0 amide bonds. The van der Waals surface area contributed by atoms with Gasteiger partial charge in [-0.2, -0.15) is 0 Å². The zero-order valence-corrected chi connectivity index (χ0v) is 12.2. The van der Waals surface area contributed by atoms with Crippen molar-refractivity contribution in [2.24, 2.45) is 17.6 Å². The van der Waals surface area contributed by atoms with Crippen molar-refractivity contribution in [3.8, 4) is 0 Å². The number of hydrogen-bond donors (Lipinski definition) is 1. The van der Waals surface area contributed by atoms with Gasteiger partial charge in [-0.1, -0.05) is 26.7 Å². The molecule has 0 saturated heterocycles. The van der Waals surface area contributed by atoms with Crippen LogP contribution in [-0.2, 0) is 5.54 Å². The lowest BCUT2D eigenvalue weighted by Crippen LogP contribution is -2.49. The van der Waals surface area contributed by atoms with Gasteiger partial charge in [-0.15, -0.1) is 0 Å². The minimum absolute atomic E-state index is 0.0379. The topological polar surface area (TPSA) is 26.0 Å². The number of nitrogens with two attached hydrogens (primary N) is 1. The lowest BCUT2D eigenvalue weighted by molar-refractivity contribution is 0.135. The van der Waals surface area contributed by atoms with Crippen LogP contribution in [0.2, 0.25) is 0 Å². The summed E-state index contributed by atoms with van der Waals surface area (Å²) in [5, 5.41) is 0. The van der Waals surface area contributed by atoms with E-state index in [1.54, 1.807) is 0 Å². The van der Waals surface area contributed by atoms with Crippen LogP contribution in [-0.4, -0.2) is 0 Å². The summed E-state index contributed by atoms with van der Waals surface area (Å²) in [6.45, 7) is 4.09. The summed E-state index contributed by atoms with van der Waals surface area (Å²) in [7, 11) is 0. The minimum Gasteiger partial charge on any atom is -0.321 e. The average molecular weight is 318 g/mol. The Balaban J connectivity index is 2.56. The van der Waals surface area contributed by atoms with Gasteiger partial charge in [0.2, 0.25) is 0 Å². The molecule has 1 saturated carbocycles. The Kier molecular flexibility index (Phi) is 3.79. The van der Waals surface area contributed by atoms with Crippen LogP contribution in [0.1, 0.15) is 38.7 Å². The number of benzene rings is 1. The molecule has 18 heavy (non-hydrogen) atoms. The largest absolute Gasteiger partial charge is 0.321 e. The highest BCUT2D eigenvalue weighted by Gasteiger charge is 2.43. The van der Waals surface area contributed by atoms with E-state index >= 15 is 0 Å². The van der Waals surface area contributed by atoms with Crippen LogP contribution in [0.25, 0.3) is 0 Å². The molecule has 0 aromatic heterocycles. The third-order valence-corrected chi connectivity index (χ3v) is 5.04. The Hall–Kier alpha value is -0.480. The van der Waals surface area contributed by atoms with Crippen LogP contribution < -0.4 is 5.73 Å². The first-order valence-corrected chi connectivity index (χ1v) is 7.10. The highest BCUT2D eigenvalue weighted by atomic mass is 79.9. The van der Waals surface area contributed by atoms with E-state index in [1.807, 2.05) is 6.92 Å². The van der Waals surface area contributed by atoms with Crippen LogP contribution in [0.4, 0.5) is 8.78 Å². The summed E-state index contributed by atoms with van der Waals surface area (Å²) in [6.07, 6.45) is 2.60. The summed E-state index contributed by atoms with van der Waals surface area (Å²) in [5.74, 6) is -0.663. The van der Waals surface area contributed by atoms with E-state index in [1.165, 1.54) is 12.1 Å². The molecule has 1 nitrogen and oxygen atoms in total. The molecular formula is C14H18BrF2N. The third kappa shape index (κ3) is 2.10. The SMILES string of the molecule is CC1CCCC(N)(c2c(F)ccc(Br)c2F)C1C. The molecule has 0 bridgehead atoms. The molecule has 2 rings (SSSR count). The van der Waals surface area contributed by atoms with Crippen LogP contribution in [0.5, 0.6) is 0 Å². The van der Waals surface area contributed by atoms with Gasteiger partial charge in [0.1, 0.15) is 11.6 Å². The van der Waals surface area contributed by atoms with Crippen LogP contribution in [0, 0.1) is 23.5 Å². The summed E-state index contributed by atoms with van der Waals surface area (Å²) < 4.78 is 28.5. The molecule has 100 valence electrons. The lowest BCUT2D eigenvalue weighted by atomic mass is 9.65. The zero-order chi connectivity index (χ0) is 13.5. The Morgan fingerprint density at radius 2 is 2.00 bits per heavy atom. The van der Waals surface area contributed by atoms with Gasteiger partial charge in [0.05, 0.1) is 4.47 Å². The molecule has 0 radical (unpaired) electrons. The Bertz CT molecular complexity index is 463. The van der Waals surface area contributed by atoms with Gasteiger partial charge >= 0.3 is 0 Å². The highest BCUT2D eigenvalue weighted by molar-refractivity contribution is 9.10. The first-order chi connectivity index (χ1) is 8.38. The molecule has 3 unspecified atom stereocenters. The van der Waals surface area contributed by atoms with Crippen molar-refractivity contribution in [3.05, 3.63) is 33.8 Å². The smallest absolute Gasteiger partial charge is 0.145 e. The van der Waals surface area contributed by atoms with E-state index in [0.29, 0.717) is 12.3 Å². The minimum atomic E-state index is -0.907. The second-order valence-corrected chi connectivity index (χ2v) is 6.27. The van der Waals surface area contributed by atoms with E-state index in [4.69, 9.17) is 5.73 Å². The van der Waals surface area contributed by atoms with E-state index in [2.05, 4.69) is 22.9 Å². The average Bonchev–Trinajstić information content (AvgIpc) is 2.31. The lowest BCUT2D eigenvalue weighted by Gasteiger charge is -2.43. The maximum Gasteiger partial charge on any atom is 0.145 e. The maximum absolute atomic E-state index is 14.2. The predicted octanol–water partition coefficient (Wildman–Crippen LogP) is 4.34. The van der Waals surface area contributed by atoms with E-state index < -0.39 is 17.2 Å². The van der Waals surface area contributed by atoms with Crippen molar-refractivity contribution in [2.45, 2.75) is 38.6 Å². The molecule has 1 aromatic rings. The van der Waals surface area contributed by atoms with E-state index in [0.717, 1.165) is 12.8 Å². The second-order valence-electron chi connectivity index (χ2n) is 5.42. The molecule has 0 spiro atoms. The molecule has 1 aliphatic carbocycles.